The molecule has 8 heteroatoms. The third-order valence-corrected chi connectivity index (χ3v) is 3.67. The highest BCUT2D eigenvalue weighted by Gasteiger charge is 2.19. The first-order chi connectivity index (χ1) is 11.0. The molecule has 2 aromatic rings. The predicted octanol–water partition coefficient (Wildman–Crippen LogP) is 3.30. The Morgan fingerprint density at radius 1 is 0.913 bits per heavy atom. The molecule has 118 valence electrons. The molecule has 0 unspecified atom stereocenters. The average Bonchev–Trinajstić information content (AvgIpc) is 2.98. The summed E-state index contributed by atoms with van der Waals surface area (Å²) in [6, 6.07) is 9.54. The number of para-hydroxylation sites is 1. The molecule has 0 aliphatic carbocycles. The second-order valence-corrected chi connectivity index (χ2v) is 5.39. The molecular weight excluding hydrogens is 343 g/mol. The van der Waals surface area contributed by atoms with Crippen molar-refractivity contribution < 1.29 is 19.1 Å². The summed E-state index contributed by atoms with van der Waals surface area (Å²) in [5.74, 6) is -0.676. The molecule has 2 aromatic carbocycles. The average molecular weight is 353 g/mol. The summed E-state index contributed by atoms with van der Waals surface area (Å²) >= 11 is 11.9. The second-order valence-electron chi connectivity index (χ2n) is 4.57. The lowest BCUT2D eigenvalue weighted by Gasteiger charge is -2.09. The molecule has 0 radical (unpaired) electrons. The molecule has 6 nitrogen and oxygen atoms in total. The van der Waals surface area contributed by atoms with E-state index in [1.807, 2.05) is 0 Å². The SMILES string of the molecule is O=C(Nc1ccc2c(c1)OCO2)C(=O)Nc1c(Cl)cccc1Cl. The molecule has 0 aromatic heterocycles. The Balaban J connectivity index is 1.69. The molecule has 2 N–H and O–H groups in total. The molecule has 1 aliphatic rings. The number of amides is 2. The summed E-state index contributed by atoms with van der Waals surface area (Å²) in [5.41, 5.74) is 0.585. The number of carbonyl (C=O) groups is 2. The van der Waals surface area contributed by atoms with E-state index >= 15 is 0 Å². The van der Waals surface area contributed by atoms with Gasteiger partial charge in [-0.15, -0.1) is 0 Å². The number of carbonyl (C=O) groups excluding carboxylic acids is 2. The van der Waals surface area contributed by atoms with Crippen LogP contribution in [0.25, 0.3) is 0 Å². The number of ether oxygens (including phenoxy) is 2. The fraction of sp³-hybridized carbons (Fsp3) is 0.0667. The van der Waals surface area contributed by atoms with Crippen molar-refractivity contribution in [3.63, 3.8) is 0 Å². The van der Waals surface area contributed by atoms with E-state index in [9.17, 15) is 9.59 Å². The molecule has 0 bridgehead atoms. The van der Waals surface area contributed by atoms with Crippen LogP contribution in [0.15, 0.2) is 36.4 Å². The molecule has 1 heterocycles. The standard InChI is InChI=1S/C15H10Cl2N2O4/c16-9-2-1-3-10(17)13(9)19-15(21)14(20)18-8-4-5-11-12(6-8)23-7-22-11/h1-6H,7H2,(H,18,20)(H,19,21). The van der Waals surface area contributed by atoms with Gasteiger partial charge in [-0.1, -0.05) is 29.3 Å². The third-order valence-electron chi connectivity index (χ3n) is 3.04. The summed E-state index contributed by atoms with van der Waals surface area (Å²) in [6.07, 6.45) is 0. The molecule has 3 rings (SSSR count). The molecule has 23 heavy (non-hydrogen) atoms. The first kappa shape index (κ1) is 15.5. The Morgan fingerprint density at radius 3 is 2.30 bits per heavy atom. The number of anilines is 2. The Kier molecular flexibility index (Phi) is 4.27. The van der Waals surface area contributed by atoms with Gasteiger partial charge in [0, 0.05) is 11.8 Å². The van der Waals surface area contributed by atoms with Crippen LogP contribution in [0.2, 0.25) is 10.0 Å². The highest BCUT2D eigenvalue weighted by Crippen LogP contribution is 2.34. The monoisotopic (exact) mass is 352 g/mol. The van der Waals surface area contributed by atoms with Crippen molar-refractivity contribution in [2.24, 2.45) is 0 Å². The fourth-order valence-electron chi connectivity index (χ4n) is 1.95. The highest BCUT2D eigenvalue weighted by molar-refractivity contribution is 6.46. The van der Waals surface area contributed by atoms with Gasteiger partial charge in [0.2, 0.25) is 6.79 Å². The van der Waals surface area contributed by atoms with Crippen LogP contribution in [0.3, 0.4) is 0 Å². The van der Waals surface area contributed by atoms with Crippen LogP contribution >= 0.6 is 23.2 Å². The number of nitrogens with one attached hydrogen (secondary N) is 2. The first-order valence-electron chi connectivity index (χ1n) is 6.50. The van der Waals surface area contributed by atoms with Crippen molar-refractivity contribution in [2.75, 3.05) is 17.4 Å². The van der Waals surface area contributed by atoms with Gasteiger partial charge in [-0.25, -0.2) is 0 Å². The van der Waals surface area contributed by atoms with E-state index in [2.05, 4.69) is 10.6 Å². The summed E-state index contributed by atoms with van der Waals surface area (Å²) < 4.78 is 10.4. The zero-order valence-electron chi connectivity index (χ0n) is 11.6. The van der Waals surface area contributed by atoms with E-state index < -0.39 is 11.8 Å². The number of fused-ring (bicyclic) bond motifs is 1. The maximum absolute atomic E-state index is 12.0. The maximum atomic E-state index is 12.0. The van der Waals surface area contributed by atoms with Crippen LogP contribution in [0, 0.1) is 0 Å². The third kappa shape index (κ3) is 3.33. The van der Waals surface area contributed by atoms with E-state index in [0.717, 1.165) is 0 Å². The molecule has 0 atom stereocenters. The Labute approximate surface area is 141 Å². The lowest BCUT2D eigenvalue weighted by Crippen LogP contribution is -2.29. The van der Waals surface area contributed by atoms with Gasteiger partial charge < -0.3 is 20.1 Å². The van der Waals surface area contributed by atoms with Crippen LogP contribution in [-0.2, 0) is 9.59 Å². The fourth-order valence-corrected chi connectivity index (χ4v) is 2.44. The molecular formula is C15H10Cl2N2O4. The van der Waals surface area contributed by atoms with Crippen molar-refractivity contribution >= 4 is 46.4 Å². The number of halogens is 2. The zero-order valence-corrected chi connectivity index (χ0v) is 13.1. The van der Waals surface area contributed by atoms with Crippen molar-refractivity contribution in [3.8, 4) is 11.5 Å². The van der Waals surface area contributed by atoms with Crippen LogP contribution in [-0.4, -0.2) is 18.6 Å². The quantitative estimate of drug-likeness (QED) is 0.813. The van der Waals surface area contributed by atoms with Gasteiger partial charge in [0.1, 0.15) is 0 Å². The topological polar surface area (TPSA) is 76.7 Å². The van der Waals surface area contributed by atoms with E-state index in [1.54, 1.807) is 36.4 Å². The second kappa shape index (κ2) is 6.36. The Bertz CT molecular complexity index is 775. The molecule has 0 spiro atoms. The van der Waals surface area contributed by atoms with Crippen molar-refractivity contribution in [1.29, 1.82) is 0 Å². The maximum Gasteiger partial charge on any atom is 0.314 e. The lowest BCUT2D eigenvalue weighted by atomic mass is 10.2. The van der Waals surface area contributed by atoms with Gasteiger partial charge in [0.25, 0.3) is 0 Å². The predicted molar refractivity (Wildman–Crippen MR) is 86.3 cm³/mol. The molecule has 2 amide bonds. The summed E-state index contributed by atoms with van der Waals surface area (Å²) in [5, 5.41) is 5.31. The normalized spacial score (nSPS) is 11.9. The van der Waals surface area contributed by atoms with E-state index in [1.165, 1.54) is 0 Å². The zero-order chi connectivity index (χ0) is 16.4. The number of benzene rings is 2. The van der Waals surface area contributed by atoms with Gasteiger partial charge in [-0.2, -0.15) is 0 Å². The van der Waals surface area contributed by atoms with Crippen LogP contribution in [0.4, 0.5) is 11.4 Å². The van der Waals surface area contributed by atoms with Crippen molar-refractivity contribution in [2.45, 2.75) is 0 Å². The largest absolute Gasteiger partial charge is 0.454 e. The minimum absolute atomic E-state index is 0.123. The Morgan fingerprint density at radius 2 is 1.57 bits per heavy atom. The molecule has 1 aliphatic heterocycles. The Hall–Kier alpha value is -2.44. The van der Waals surface area contributed by atoms with Gasteiger partial charge in [-0.3, -0.25) is 9.59 Å². The van der Waals surface area contributed by atoms with Gasteiger partial charge in [0.05, 0.1) is 15.7 Å². The number of rotatable bonds is 2. The smallest absolute Gasteiger partial charge is 0.314 e. The summed E-state index contributed by atoms with van der Waals surface area (Å²) in [4.78, 5) is 23.9. The van der Waals surface area contributed by atoms with Gasteiger partial charge in [-0.05, 0) is 24.3 Å². The van der Waals surface area contributed by atoms with Crippen molar-refractivity contribution in [1.82, 2.24) is 0 Å². The van der Waals surface area contributed by atoms with E-state index in [4.69, 9.17) is 32.7 Å². The lowest BCUT2D eigenvalue weighted by molar-refractivity contribution is -0.132. The minimum atomic E-state index is -0.891. The molecule has 0 saturated carbocycles. The molecule has 0 saturated heterocycles. The van der Waals surface area contributed by atoms with Gasteiger partial charge in [0.15, 0.2) is 11.5 Å². The summed E-state index contributed by atoms with van der Waals surface area (Å²) in [7, 11) is 0. The van der Waals surface area contributed by atoms with Crippen LogP contribution in [0.1, 0.15) is 0 Å². The van der Waals surface area contributed by atoms with Crippen molar-refractivity contribution in [3.05, 3.63) is 46.4 Å². The van der Waals surface area contributed by atoms with E-state index in [0.29, 0.717) is 17.2 Å². The first-order valence-corrected chi connectivity index (χ1v) is 7.26. The highest BCUT2D eigenvalue weighted by atomic mass is 35.5. The number of hydrogen-bond donors (Lipinski definition) is 2. The van der Waals surface area contributed by atoms with Gasteiger partial charge >= 0.3 is 11.8 Å². The van der Waals surface area contributed by atoms with Crippen LogP contribution in [0.5, 0.6) is 11.5 Å². The van der Waals surface area contributed by atoms with Crippen LogP contribution < -0.4 is 20.1 Å². The minimum Gasteiger partial charge on any atom is -0.454 e. The summed E-state index contributed by atoms with van der Waals surface area (Å²) in [6.45, 7) is 0.123. The number of hydrogen-bond acceptors (Lipinski definition) is 4. The molecule has 0 fully saturated rings. The van der Waals surface area contributed by atoms with E-state index in [-0.39, 0.29) is 22.5 Å².